The smallest absolute Gasteiger partial charge is 0.142 e. The third kappa shape index (κ3) is 1.06. The van der Waals surface area contributed by atoms with E-state index in [4.69, 9.17) is 5.26 Å². The van der Waals surface area contributed by atoms with Crippen molar-refractivity contribution in [1.29, 1.82) is 5.26 Å². The largest absolute Gasteiger partial charge is 0.311 e. The van der Waals surface area contributed by atoms with Crippen molar-refractivity contribution in [2.75, 3.05) is 6.54 Å². The van der Waals surface area contributed by atoms with Crippen LogP contribution in [0.15, 0.2) is 0 Å². The second kappa shape index (κ2) is 2.82. The minimum atomic E-state index is 0.509. The molecule has 2 aliphatic rings. The highest BCUT2D eigenvalue weighted by molar-refractivity contribution is 5.37. The molecule has 72 valence electrons. The lowest BCUT2D eigenvalue weighted by Gasteiger charge is -2.10. The molecule has 0 bridgehead atoms. The summed E-state index contributed by atoms with van der Waals surface area (Å²) in [5.41, 5.74) is 3.07. The first-order valence-electron chi connectivity index (χ1n) is 5.11. The second-order valence-electron chi connectivity index (χ2n) is 3.99. The van der Waals surface area contributed by atoms with Crippen LogP contribution >= 0.6 is 0 Å². The van der Waals surface area contributed by atoms with Gasteiger partial charge in [0.2, 0.25) is 0 Å². The molecule has 0 saturated heterocycles. The van der Waals surface area contributed by atoms with E-state index in [0.29, 0.717) is 6.04 Å². The molecule has 0 unspecified atom stereocenters. The monoisotopic (exact) mass is 188 g/mol. The third-order valence-corrected chi connectivity index (χ3v) is 2.93. The summed E-state index contributed by atoms with van der Waals surface area (Å²) in [5, 5.41) is 16.9. The van der Waals surface area contributed by atoms with Gasteiger partial charge in [0.25, 0.3) is 0 Å². The predicted molar refractivity (Wildman–Crippen MR) is 50.6 cm³/mol. The number of rotatable bonds is 1. The molecule has 4 heteroatoms. The van der Waals surface area contributed by atoms with Crippen LogP contribution in [-0.2, 0) is 13.0 Å². The van der Waals surface area contributed by atoms with E-state index in [9.17, 15) is 0 Å². The summed E-state index contributed by atoms with van der Waals surface area (Å²) >= 11 is 0. The van der Waals surface area contributed by atoms with Crippen LogP contribution in [0.4, 0.5) is 0 Å². The van der Waals surface area contributed by atoms with Crippen LogP contribution in [0, 0.1) is 11.3 Å². The van der Waals surface area contributed by atoms with Crippen molar-refractivity contribution >= 4 is 0 Å². The summed E-state index contributed by atoms with van der Waals surface area (Å²) in [4.78, 5) is 0. The van der Waals surface area contributed by atoms with Crippen LogP contribution < -0.4 is 5.32 Å². The second-order valence-corrected chi connectivity index (χ2v) is 3.99. The maximum Gasteiger partial charge on any atom is 0.142 e. The van der Waals surface area contributed by atoms with Crippen LogP contribution in [-0.4, -0.2) is 16.3 Å². The average Bonchev–Trinajstić information content (AvgIpc) is 2.99. The molecule has 0 atom stereocenters. The van der Waals surface area contributed by atoms with Crippen molar-refractivity contribution in [2.45, 2.75) is 31.8 Å². The Bertz CT molecular complexity index is 408. The summed E-state index contributed by atoms with van der Waals surface area (Å²) in [7, 11) is 0. The Morgan fingerprint density at radius 1 is 1.50 bits per heavy atom. The lowest BCUT2D eigenvalue weighted by Crippen LogP contribution is -2.23. The number of hydrogen-bond acceptors (Lipinski definition) is 3. The fourth-order valence-electron chi connectivity index (χ4n) is 2.04. The van der Waals surface area contributed by atoms with Gasteiger partial charge in [-0.15, -0.1) is 0 Å². The Hall–Kier alpha value is -1.34. The number of nitriles is 1. The van der Waals surface area contributed by atoms with Gasteiger partial charge in [0, 0.05) is 12.1 Å². The van der Waals surface area contributed by atoms with Crippen LogP contribution in [0.5, 0.6) is 0 Å². The van der Waals surface area contributed by atoms with Gasteiger partial charge < -0.3 is 5.32 Å². The molecule has 1 saturated carbocycles. The molecular formula is C10H12N4. The molecule has 1 aromatic rings. The zero-order valence-corrected chi connectivity index (χ0v) is 7.95. The SMILES string of the molecule is N#Cc1c2c(nn1C1CC1)CNCC2. The minimum absolute atomic E-state index is 0.509. The van der Waals surface area contributed by atoms with Gasteiger partial charge in [0.1, 0.15) is 11.8 Å². The minimum Gasteiger partial charge on any atom is -0.311 e. The quantitative estimate of drug-likeness (QED) is 0.707. The van der Waals surface area contributed by atoms with Gasteiger partial charge >= 0.3 is 0 Å². The highest BCUT2D eigenvalue weighted by atomic mass is 15.3. The van der Waals surface area contributed by atoms with Crippen molar-refractivity contribution in [2.24, 2.45) is 0 Å². The van der Waals surface area contributed by atoms with Crippen molar-refractivity contribution in [3.63, 3.8) is 0 Å². The molecule has 4 nitrogen and oxygen atoms in total. The first-order valence-corrected chi connectivity index (χ1v) is 5.11. The third-order valence-electron chi connectivity index (χ3n) is 2.93. The summed E-state index contributed by atoms with van der Waals surface area (Å²) in [6.07, 6.45) is 3.32. The normalized spacial score (nSPS) is 20.2. The fraction of sp³-hybridized carbons (Fsp3) is 0.600. The van der Waals surface area contributed by atoms with Gasteiger partial charge in [-0.2, -0.15) is 10.4 Å². The van der Waals surface area contributed by atoms with E-state index in [-0.39, 0.29) is 0 Å². The fourth-order valence-corrected chi connectivity index (χ4v) is 2.04. The van der Waals surface area contributed by atoms with Crippen LogP contribution in [0.2, 0.25) is 0 Å². The lowest BCUT2D eigenvalue weighted by atomic mass is 10.1. The van der Waals surface area contributed by atoms with Crippen molar-refractivity contribution in [1.82, 2.24) is 15.1 Å². The lowest BCUT2D eigenvalue weighted by molar-refractivity contribution is 0.599. The molecule has 2 heterocycles. The number of fused-ring (bicyclic) bond motifs is 1. The Labute approximate surface area is 82.5 Å². The molecule has 1 N–H and O–H groups in total. The Balaban J connectivity index is 2.12. The topological polar surface area (TPSA) is 53.6 Å². The predicted octanol–water partition coefficient (Wildman–Crippen LogP) is 0.735. The Morgan fingerprint density at radius 3 is 3.07 bits per heavy atom. The van der Waals surface area contributed by atoms with Crippen LogP contribution in [0.25, 0.3) is 0 Å². The van der Waals surface area contributed by atoms with E-state index < -0.39 is 0 Å². The Kier molecular flexibility index (Phi) is 1.62. The summed E-state index contributed by atoms with van der Waals surface area (Å²) in [6.45, 7) is 1.79. The average molecular weight is 188 g/mol. The van der Waals surface area contributed by atoms with Crippen LogP contribution in [0.3, 0.4) is 0 Å². The number of aromatic nitrogens is 2. The number of nitrogens with zero attached hydrogens (tertiary/aromatic N) is 3. The highest BCUT2D eigenvalue weighted by Gasteiger charge is 2.30. The molecule has 1 aromatic heterocycles. The zero-order valence-electron chi connectivity index (χ0n) is 7.95. The molecule has 0 amide bonds. The van der Waals surface area contributed by atoms with Gasteiger partial charge in [-0.3, -0.25) is 4.68 Å². The molecule has 0 radical (unpaired) electrons. The summed E-state index contributed by atoms with van der Waals surface area (Å²) < 4.78 is 1.94. The van der Waals surface area contributed by atoms with E-state index in [1.54, 1.807) is 0 Å². The molecule has 3 rings (SSSR count). The van der Waals surface area contributed by atoms with E-state index in [1.807, 2.05) is 4.68 Å². The number of hydrogen-bond donors (Lipinski definition) is 1. The molecule has 1 aliphatic carbocycles. The van der Waals surface area contributed by atoms with Gasteiger partial charge in [-0.1, -0.05) is 0 Å². The first kappa shape index (κ1) is 8.01. The van der Waals surface area contributed by atoms with Gasteiger partial charge in [-0.25, -0.2) is 0 Å². The molecular weight excluding hydrogens is 176 g/mol. The van der Waals surface area contributed by atoms with Crippen molar-refractivity contribution in [3.05, 3.63) is 17.0 Å². The van der Waals surface area contributed by atoms with E-state index in [1.165, 1.54) is 18.4 Å². The molecule has 0 aromatic carbocycles. The maximum atomic E-state index is 9.11. The first-order chi connectivity index (χ1) is 6.90. The van der Waals surface area contributed by atoms with Gasteiger partial charge in [0.05, 0.1) is 11.7 Å². The van der Waals surface area contributed by atoms with E-state index in [2.05, 4.69) is 16.5 Å². The van der Waals surface area contributed by atoms with E-state index in [0.717, 1.165) is 30.9 Å². The highest BCUT2D eigenvalue weighted by Crippen LogP contribution is 2.36. The van der Waals surface area contributed by atoms with Gasteiger partial charge in [-0.05, 0) is 25.8 Å². The number of nitrogens with one attached hydrogen (secondary N) is 1. The van der Waals surface area contributed by atoms with Gasteiger partial charge in [0.15, 0.2) is 0 Å². The van der Waals surface area contributed by atoms with Crippen molar-refractivity contribution < 1.29 is 0 Å². The molecule has 1 fully saturated rings. The molecule has 0 spiro atoms. The van der Waals surface area contributed by atoms with E-state index >= 15 is 0 Å². The molecule has 1 aliphatic heterocycles. The standard InChI is InChI=1S/C10H12N4/c11-5-10-8-3-4-12-6-9(8)13-14(10)7-1-2-7/h7,12H,1-4,6H2. The maximum absolute atomic E-state index is 9.11. The summed E-state index contributed by atoms with van der Waals surface area (Å²) in [6, 6.07) is 2.81. The van der Waals surface area contributed by atoms with Crippen molar-refractivity contribution in [3.8, 4) is 6.07 Å². The Morgan fingerprint density at radius 2 is 2.36 bits per heavy atom. The molecule has 14 heavy (non-hydrogen) atoms. The zero-order chi connectivity index (χ0) is 9.54. The summed E-state index contributed by atoms with van der Waals surface area (Å²) in [5.74, 6) is 0. The van der Waals surface area contributed by atoms with Crippen LogP contribution in [0.1, 0.15) is 35.8 Å².